The highest BCUT2D eigenvalue weighted by atomic mass is 19.4. The van der Waals surface area contributed by atoms with Gasteiger partial charge >= 0.3 is 12.2 Å². The Labute approximate surface area is 215 Å². The monoisotopic (exact) mass is 530 g/mol. The molecular formula is C25H25F3N6O4. The van der Waals surface area contributed by atoms with Crippen molar-refractivity contribution in [2.45, 2.75) is 39.2 Å². The number of alkyl halides is 3. The molecule has 0 spiro atoms. The van der Waals surface area contributed by atoms with E-state index in [1.54, 1.807) is 54.9 Å². The van der Waals surface area contributed by atoms with Gasteiger partial charge in [0.25, 0.3) is 11.3 Å². The molecule has 2 aromatic heterocycles. The van der Waals surface area contributed by atoms with Gasteiger partial charge in [0.15, 0.2) is 0 Å². The van der Waals surface area contributed by atoms with E-state index < -0.39 is 48.0 Å². The van der Waals surface area contributed by atoms with Crippen LogP contribution in [0.2, 0.25) is 0 Å². The third-order valence-corrected chi connectivity index (χ3v) is 5.38. The quantitative estimate of drug-likeness (QED) is 0.389. The standard InChI is InChI=1S/C25H25F3N6O4/c1-15(2)20(21(36)25(26,27)28)33-19(35)14-34-22(17-6-4-3-5-7-17)30-13-18(23(34)37)32-24(38)31-12-16-8-10-29-11-9-16/h3-11,13,15,20H,12,14H2,1-2H3,(H,33,35)(H2,31,32,38). The molecule has 0 aliphatic carbocycles. The number of aromatic nitrogens is 3. The van der Waals surface area contributed by atoms with Crippen molar-refractivity contribution < 1.29 is 27.6 Å². The molecule has 3 N–H and O–H groups in total. The maximum Gasteiger partial charge on any atom is 0.452 e. The average Bonchev–Trinajstić information content (AvgIpc) is 2.88. The number of hydrogen-bond donors (Lipinski definition) is 3. The molecule has 0 aliphatic rings. The fourth-order valence-electron chi connectivity index (χ4n) is 3.47. The second-order valence-electron chi connectivity index (χ2n) is 8.57. The molecule has 0 saturated heterocycles. The third-order valence-electron chi connectivity index (χ3n) is 5.38. The van der Waals surface area contributed by atoms with E-state index in [1.165, 1.54) is 13.8 Å². The van der Waals surface area contributed by atoms with Gasteiger partial charge in [-0.15, -0.1) is 0 Å². The Bertz CT molecular complexity index is 1340. The summed E-state index contributed by atoms with van der Waals surface area (Å²) in [5.74, 6) is -3.94. The van der Waals surface area contributed by atoms with E-state index in [9.17, 15) is 32.3 Å². The molecule has 1 unspecified atom stereocenters. The zero-order chi connectivity index (χ0) is 27.9. The molecule has 1 atom stereocenters. The molecule has 3 amide bonds. The van der Waals surface area contributed by atoms with Crippen molar-refractivity contribution in [3.8, 4) is 11.4 Å². The summed E-state index contributed by atoms with van der Waals surface area (Å²) < 4.78 is 40.0. The van der Waals surface area contributed by atoms with E-state index in [0.29, 0.717) is 5.56 Å². The van der Waals surface area contributed by atoms with Crippen LogP contribution in [-0.4, -0.2) is 44.5 Å². The highest BCUT2D eigenvalue weighted by Crippen LogP contribution is 2.21. The number of amides is 3. The average molecular weight is 531 g/mol. The number of nitrogens with zero attached hydrogens (tertiary/aromatic N) is 3. The minimum Gasteiger partial charge on any atom is -0.344 e. The molecule has 0 radical (unpaired) electrons. The van der Waals surface area contributed by atoms with Crippen molar-refractivity contribution in [2.75, 3.05) is 5.32 Å². The minimum atomic E-state index is -5.15. The van der Waals surface area contributed by atoms with E-state index in [-0.39, 0.29) is 18.1 Å². The highest BCUT2D eigenvalue weighted by molar-refractivity contribution is 5.93. The van der Waals surface area contributed by atoms with Gasteiger partial charge < -0.3 is 16.0 Å². The number of halogens is 3. The Morgan fingerprint density at radius 2 is 1.68 bits per heavy atom. The van der Waals surface area contributed by atoms with Crippen LogP contribution in [0.25, 0.3) is 11.4 Å². The van der Waals surface area contributed by atoms with Gasteiger partial charge in [-0.1, -0.05) is 44.2 Å². The van der Waals surface area contributed by atoms with Crippen LogP contribution < -0.4 is 21.5 Å². The van der Waals surface area contributed by atoms with Gasteiger partial charge in [0.1, 0.15) is 18.1 Å². The van der Waals surface area contributed by atoms with E-state index in [0.717, 1.165) is 16.3 Å². The highest BCUT2D eigenvalue weighted by Gasteiger charge is 2.45. The molecule has 3 aromatic rings. The number of ketones is 1. The number of nitrogens with one attached hydrogen (secondary N) is 3. The molecule has 2 heterocycles. The van der Waals surface area contributed by atoms with Gasteiger partial charge in [-0.05, 0) is 23.6 Å². The first-order valence-electron chi connectivity index (χ1n) is 11.5. The Kier molecular flexibility index (Phi) is 8.94. The van der Waals surface area contributed by atoms with E-state index in [2.05, 4.69) is 25.9 Å². The summed E-state index contributed by atoms with van der Waals surface area (Å²) in [4.78, 5) is 58.3. The van der Waals surface area contributed by atoms with Crippen molar-refractivity contribution in [1.29, 1.82) is 0 Å². The lowest BCUT2D eigenvalue weighted by molar-refractivity contribution is -0.174. The second kappa shape index (κ2) is 12.1. The largest absolute Gasteiger partial charge is 0.452 e. The van der Waals surface area contributed by atoms with Gasteiger partial charge in [-0.25, -0.2) is 9.78 Å². The number of carbonyl (C=O) groups is 3. The second-order valence-corrected chi connectivity index (χ2v) is 8.57. The van der Waals surface area contributed by atoms with E-state index in [4.69, 9.17) is 0 Å². The van der Waals surface area contributed by atoms with Crippen molar-refractivity contribution in [3.63, 3.8) is 0 Å². The topological polar surface area (TPSA) is 135 Å². The van der Waals surface area contributed by atoms with Gasteiger partial charge in [0, 0.05) is 24.5 Å². The smallest absolute Gasteiger partial charge is 0.344 e. The summed E-state index contributed by atoms with van der Waals surface area (Å²) in [6.45, 7) is 2.10. The van der Waals surface area contributed by atoms with Crippen molar-refractivity contribution in [3.05, 3.63) is 77.0 Å². The van der Waals surface area contributed by atoms with E-state index >= 15 is 0 Å². The predicted molar refractivity (Wildman–Crippen MR) is 132 cm³/mol. The van der Waals surface area contributed by atoms with Crippen LogP contribution >= 0.6 is 0 Å². The molecule has 200 valence electrons. The number of Topliss-reactive ketones (excluding diaryl/α,β-unsaturated/α-hetero) is 1. The number of rotatable bonds is 9. The first-order valence-corrected chi connectivity index (χ1v) is 11.5. The molecule has 3 rings (SSSR count). The Hall–Kier alpha value is -4.55. The molecular weight excluding hydrogens is 505 g/mol. The van der Waals surface area contributed by atoms with Crippen molar-refractivity contribution in [2.24, 2.45) is 5.92 Å². The summed E-state index contributed by atoms with van der Waals surface area (Å²) in [5.41, 5.74) is 0.112. The number of benzene rings is 1. The molecule has 38 heavy (non-hydrogen) atoms. The summed E-state index contributed by atoms with van der Waals surface area (Å²) in [7, 11) is 0. The van der Waals surface area contributed by atoms with Crippen LogP contribution in [0.15, 0.2) is 65.8 Å². The lowest BCUT2D eigenvalue weighted by Crippen LogP contribution is -2.51. The van der Waals surface area contributed by atoms with E-state index in [1.807, 2.05) is 0 Å². The zero-order valence-electron chi connectivity index (χ0n) is 20.5. The summed E-state index contributed by atoms with van der Waals surface area (Å²) >= 11 is 0. The normalized spacial score (nSPS) is 12.1. The fraction of sp³-hybridized carbons (Fsp3) is 0.280. The Morgan fingerprint density at radius 1 is 1.03 bits per heavy atom. The van der Waals surface area contributed by atoms with Crippen LogP contribution in [0.5, 0.6) is 0 Å². The maximum atomic E-state index is 13.3. The van der Waals surface area contributed by atoms with Gasteiger partial charge in [-0.2, -0.15) is 13.2 Å². The molecule has 0 fully saturated rings. The van der Waals surface area contributed by atoms with Crippen LogP contribution in [-0.2, 0) is 22.7 Å². The number of pyridine rings is 1. The lowest BCUT2D eigenvalue weighted by Gasteiger charge is -2.23. The van der Waals surface area contributed by atoms with Gasteiger partial charge in [-0.3, -0.25) is 23.9 Å². The third kappa shape index (κ3) is 7.24. The van der Waals surface area contributed by atoms with Crippen LogP contribution in [0, 0.1) is 5.92 Å². The van der Waals surface area contributed by atoms with Gasteiger partial charge in [0.05, 0.1) is 12.2 Å². The minimum absolute atomic E-state index is 0.0386. The summed E-state index contributed by atoms with van der Waals surface area (Å²) in [6.07, 6.45) is -0.924. The summed E-state index contributed by atoms with van der Waals surface area (Å²) in [6, 6.07) is 9.11. The lowest BCUT2D eigenvalue weighted by atomic mass is 9.99. The number of carbonyl (C=O) groups excluding carboxylic acids is 3. The summed E-state index contributed by atoms with van der Waals surface area (Å²) in [5, 5.41) is 7.02. The Balaban J connectivity index is 1.87. The van der Waals surface area contributed by atoms with Crippen molar-refractivity contribution >= 4 is 23.4 Å². The first-order chi connectivity index (χ1) is 18.0. The maximum absolute atomic E-state index is 13.3. The molecule has 0 bridgehead atoms. The van der Waals surface area contributed by atoms with Crippen LogP contribution in [0.4, 0.5) is 23.7 Å². The number of anilines is 1. The zero-order valence-corrected chi connectivity index (χ0v) is 20.5. The molecule has 0 saturated carbocycles. The first kappa shape index (κ1) is 28.0. The van der Waals surface area contributed by atoms with Crippen molar-refractivity contribution in [1.82, 2.24) is 25.2 Å². The molecule has 1 aromatic carbocycles. The molecule has 10 nitrogen and oxygen atoms in total. The molecule has 13 heteroatoms. The Morgan fingerprint density at radius 3 is 2.29 bits per heavy atom. The SMILES string of the molecule is CC(C)C(NC(=O)Cn1c(-c2ccccc2)ncc(NC(=O)NCc2ccncc2)c1=O)C(=O)C(F)(F)F. The number of hydrogen-bond acceptors (Lipinski definition) is 6. The van der Waals surface area contributed by atoms with Crippen LogP contribution in [0.3, 0.4) is 0 Å². The fourth-order valence-corrected chi connectivity index (χ4v) is 3.47. The predicted octanol–water partition coefficient (Wildman–Crippen LogP) is 2.90. The van der Waals surface area contributed by atoms with Gasteiger partial charge in [0.2, 0.25) is 5.91 Å². The molecule has 0 aliphatic heterocycles. The number of urea groups is 1. The van der Waals surface area contributed by atoms with Crippen LogP contribution in [0.1, 0.15) is 19.4 Å².